The van der Waals surface area contributed by atoms with Crippen molar-refractivity contribution in [3.63, 3.8) is 0 Å². The average molecular weight is 368 g/mol. The number of nitrogens with zero attached hydrogens (tertiary/aromatic N) is 5. The molecule has 1 aliphatic rings. The number of aromatic nitrogens is 3. The molecule has 0 atom stereocenters. The maximum atomic E-state index is 12.3. The van der Waals surface area contributed by atoms with Crippen LogP contribution in [0.2, 0.25) is 0 Å². The van der Waals surface area contributed by atoms with Crippen molar-refractivity contribution in [2.45, 2.75) is 32.6 Å². The summed E-state index contributed by atoms with van der Waals surface area (Å²) in [6.45, 7) is 8.04. The molecule has 0 radical (unpaired) electrons. The van der Waals surface area contributed by atoms with Gasteiger partial charge in [0.1, 0.15) is 5.82 Å². The molecule has 0 aliphatic carbocycles. The maximum absolute atomic E-state index is 12.3. The van der Waals surface area contributed by atoms with Crippen molar-refractivity contribution >= 4 is 17.4 Å². The van der Waals surface area contributed by atoms with Crippen LogP contribution in [-0.4, -0.2) is 63.4 Å². The fraction of sp³-hybridized carbons (Fsp3) is 0.500. The first-order valence-corrected chi connectivity index (χ1v) is 9.68. The van der Waals surface area contributed by atoms with E-state index in [0.717, 1.165) is 50.4 Å². The highest BCUT2D eigenvalue weighted by Gasteiger charge is 2.23. The third-order valence-corrected chi connectivity index (χ3v) is 5.10. The van der Waals surface area contributed by atoms with Gasteiger partial charge < -0.3 is 10.2 Å². The van der Waals surface area contributed by atoms with Crippen LogP contribution < -0.4 is 5.32 Å². The molecule has 1 amide bonds. The SMILES string of the molecule is CCN(CC)C(=O)CN1CCC(c2ccc(Nc3cnccn3)cn2)CC1. The van der Waals surface area contributed by atoms with Crippen LogP contribution in [0.4, 0.5) is 11.5 Å². The van der Waals surface area contributed by atoms with E-state index in [1.807, 2.05) is 31.0 Å². The standard InChI is InChI=1S/C20H28N6O/c1-3-26(4-2)20(27)15-25-11-7-16(8-12-25)18-6-5-17(13-23-18)24-19-14-21-9-10-22-19/h5-6,9-10,13-14,16H,3-4,7-8,11-12,15H2,1-2H3,(H,22,24). The van der Waals surface area contributed by atoms with Crippen molar-refractivity contribution in [3.8, 4) is 0 Å². The van der Waals surface area contributed by atoms with Gasteiger partial charge in [-0.05, 0) is 51.9 Å². The Hall–Kier alpha value is -2.54. The van der Waals surface area contributed by atoms with Crippen LogP contribution in [0.1, 0.15) is 38.3 Å². The number of carbonyl (C=O) groups excluding carboxylic acids is 1. The minimum absolute atomic E-state index is 0.232. The Kier molecular flexibility index (Phi) is 6.70. The van der Waals surface area contributed by atoms with Crippen molar-refractivity contribution in [2.24, 2.45) is 0 Å². The Morgan fingerprint density at radius 2 is 1.93 bits per heavy atom. The Morgan fingerprint density at radius 1 is 1.15 bits per heavy atom. The summed E-state index contributed by atoms with van der Waals surface area (Å²) in [6, 6.07) is 4.12. The van der Waals surface area contributed by atoms with Gasteiger partial charge in [-0.3, -0.25) is 19.7 Å². The van der Waals surface area contributed by atoms with Gasteiger partial charge in [-0.15, -0.1) is 0 Å². The summed E-state index contributed by atoms with van der Waals surface area (Å²) in [4.78, 5) is 29.3. The predicted octanol–water partition coefficient (Wildman–Crippen LogP) is 2.66. The van der Waals surface area contributed by atoms with Gasteiger partial charge >= 0.3 is 0 Å². The van der Waals surface area contributed by atoms with E-state index in [1.54, 1.807) is 18.6 Å². The Bertz CT molecular complexity index is 709. The molecule has 144 valence electrons. The molecule has 2 aromatic rings. The first kappa shape index (κ1) is 19.2. The van der Waals surface area contributed by atoms with Crippen LogP contribution in [0.15, 0.2) is 36.9 Å². The van der Waals surface area contributed by atoms with Gasteiger partial charge in [0.15, 0.2) is 0 Å². The van der Waals surface area contributed by atoms with E-state index in [9.17, 15) is 4.79 Å². The number of hydrogen-bond acceptors (Lipinski definition) is 6. The third kappa shape index (κ3) is 5.23. The second-order valence-corrected chi connectivity index (χ2v) is 6.80. The summed E-state index contributed by atoms with van der Waals surface area (Å²) in [5, 5.41) is 3.20. The highest BCUT2D eigenvalue weighted by atomic mass is 16.2. The second-order valence-electron chi connectivity index (χ2n) is 6.80. The number of pyridine rings is 1. The van der Waals surface area contributed by atoms with Crippen LogP contribution in [-0.2, 0) is 4.79 Å². The Morgan fingerprint density at radius 3 is 2.52 bits per heavy atom. The van der Waals surface area contributed by atoms with Gasteiger partial charge in [-0.1, -0.05) is 0 Å². The van der Waals surface area contributed by atoms with Crippen molar-refractivity contribution in [2.75, 3.05) is 38.0 Å². The number of rotatable bonds is 7. The summed E-state index contributed by atoms with van der Waals surface area (Å²) < 4.78 is 0. The summed E-state index contributed by atoms with van der Waals surface area (Å²) in [5.41, 5.74) is 2.02. The predicted molar refractivity (Wildman–Crippen MR) is 106 cm³/mol. The first-order valence-electron chi connectivity index (χ1n) is 9.68. The van der Waals surface area contributed by atoms with E-state index in [4.69, 9.17) is 0 Å². The van der Waals surface area contributed by atoms with Gasteiger partial charge in [0.25, 0.3) is 0 Å². The number of anilines is 2. The summed E-state index contributed by atoms with van der Waals surface area (Å²) in [7, 11) is 0. The molecule has 1 aliphatic heterocycles. The number of carbonyl (C=O) groups is 1. The monoisotopic (exact) mass is 368 g/mol. The van der Waals surface area contributed by atoms with Gasteiger partial charge in [-0.25, -0.2) is 4.98 Å². The molecule has 7 heteroatoms. The van der Waals surface area contributed by atoms with Gasteiger partial charge in [0.2, 0.25) is 5.91 Å². The summed E-state index contributed by atoms with van der Waals surface area (Å²) in [6.07, 6.45) is 8.91. The van der Waals surface area contributed by atoms with Crippen molar-refractivity contribution in [1.29, 1.82) is 0 Å². The summed E-state index contributed by atoms with van der Waals surface area (Å²) >= 11 is 0. The molecule has 2 aromatic heterocycles. The lowest BCUT2D eigenvalue weighted by molar-refractivity contribution is -0.132. The van der Waals surface area contributed by atoms with Crippen LogP contribution in [0.25, 0.3) is 0 Å². The van der Waals surface area contributed by atoms with E-state index in [0.29, 0.717) is 18.3 Å². The first-order chi connectivity index (χ1) is 13.2. The topological polar surface area (TPSA) is 74.2 Å². The summed E-state index contributed by atoms with van der Waals surface area (Å²) in [5.74, 6) is 1.39. The molecule has 0 unspecified atom stereocenters. The zero-order chi connectivity index (χ0) is 19.1. The van der Waals surface area contributed by atoms with E-state index >= 15 is 0 Å². The lowest BCUT2D eigenvalue weighted by atomic mass is 9.93. The van der Waals surface area contributed by atoms with Gasteiger partial charge in [0, 0.05) is 37.1 Å². The molecule has 0 bridgehead atoms. The molecule has 3 rings (SSSR count). The molecule has 1 fully saturated rings. The number of likely N-dealkylation sites (tertiary alicyclic amines) is 1. The number of amides is 1. The Labute approximate surface area is 160 Å². The number of likely N-dealkylation sites (N-methyl/N-ethyl adjacent to an activating group) is 1. The van der Waals surface area contributed by atoms with Crippen LogP contribution in [0.5, 0.6) is 0 Å². The van der Waals surface area contributed by atoms with Crippen molar-refractivity contribution in [3.05, 3.63) is 42.6 Å². The zero-order valence-corrected chi connectivity index (χ0v) is 16.1. The molecule has 1 saturated heterocycles. The van der Waals surface area contributed by atoms with Crippen molar-refractivity contribution in [1.82, 2.24) is 24.8 Å². The molecular formula is C20H28N6O. The molecular weight excluding hydrogens is 340 g/mol. The number of piperidine rings is 1. The van der Waals surface area contributed by atoms with Crippen LogP contribution >= 0.6 is 0 Å². The fourth-order valence-electron chi connectivity index (χ4n) is 3.49. The smallest absolute Gasteiger partial charge is 0.236 e. The largest absolute Gasteiger partial charge is 0.342 e. The van der Waals surface area contributed by atoms with Gasteiger partial charge in [0.05, 0.1) is 24.6 Å². The van der Waals surface area contributed by atoms with E-state index < -0.39 is 0 Å². The zero-order valence-electron chi connectivity index (χ0n) is 16.1. The minimum Gasteiger partial charge on any atom is -0.342 e. The molecule has 1 N–H and O–H groups in total. The van der Waals surface area contributed by atoms with Gasteiger partial charge in [-0.2, -0.15) is 0 Å². The van der Waals surface area contributed by atoms with Crippen molar-refractivity contribution < 1.29 is 4.79 Å². The third-order valence-electron chi connectivity index (χ3n) is 5.10. The normalized spacial score (nSPS) is 15.5. The second kappa shape index (κ2) is 9.41. The minimum atomic E-state index is 0.232. The lowest BCUT2D eigenvalue weighted by Crippen LogP contribution is -2.43. The Balaban J connectivity index is 1.50. The van der Waals surface area contributed by atoms with Crippen LogP contribution in [0.3, 0.4) is 0 Å². The van der Waals surface area contributed by atoms with E-state index in [1.165, 1.54) is 0 Å². The lowest BCUT2D eigenvalue weighted by Gasteiger charge is -2.32. The molecule has 27 heavy (non-hydrogen) atoms. The van der Waals surface area contributed by atoms with E-state index in [2.05, 4.69) is 31.2 Å². The maximum Gasteiger partial charge on any atom is 0.236 e. The van der Waals surface area contributed by atoms with E-state index in [-0.39, 0.29) is 5.91 Å². The van der Waals surface area contributed by atoms with Crippen LogP contribution in [0, 0.1) is 0 Å². The number of hydrogen-bond donors (Lipinski definition) is 1. The fourth-order valence-corrected chi connectivity index (χ4v) is 3.49. The molecule has 0 saturated carbocycles. The molecule has 3 heterocycles. The molecule has 0 spiro atoms. The molecule has 7 nitrogen and oxygen atoms in total. The highest BCUT2D eigenvalue weighted by molar-refractivity contribution is 5.78. The highest BCUT2D eigenvalue weighted by Crippen LogP contribution is 2.27. The molecule has 0 aromatic carbocycles. The quantitative estimate of drug-likeness (QED) is 0.810. The average Bonchev–Trinajstić information content (AvgIpc) is 2.71. The number of nitrogens with one attached hydrogen (secondary N) is 1.